The molecule has 2 fully saturated rings. The molecule has 0 radical (unpaired) electrons. The fraction of sp³-hybridized carbons (Fsp3) is 0.426. The van der Waals surface area contributed by atoms with Crippen LogP contribution in [-0.4, -0.2) is 124 Å². The summed E-state index contributed by atoms with van der Waals surface area (Å²) < 4.78 is 130. The van der Waals surface area contributed by atoms with Crippen molar-refractivity contribution in [2.24, 2.45) is 5.41 Å². The van der Waals surface area contributed by atoms with E-state index in [-0.39, 0.29) is 22.3 Å². The number of nitrogens with zero attached hydrogens (tertiary/aromatic N) is 3. The number of anilines is 2. The average Bonchev–Trinajstić information content (AvgIpc) is 3.29. The quantitative estimate of drug-likeness (QED) is 0.114. The van der Waals surface area contributed by atoms with Gasteiger partial charge in [-0.15, -0.1) is 0 Å². The highest BCUT2D eigenvalue weighted by Crippen LogP contribution is 2.43. The molecule has 2 heterocycles. The third kappa shape index (κ3) is 12.6. The minimum atomic E-state index is -6.22. The van der Waals surface area contributed by atoms with Gasteiger partial charge in [0.05, 0.1) is 34.4 Å². The van der Waals surface area contributed by atoms with Gasteiger partial charge in [-0.2, -0.15) is 13.2 Å². The minimum Gasteiger partial charge on any atom is -0.380 e. The van der Waals surface area contributed by atoms with Crippen LogP contribution in [-0.2, 0) is 34.4 Å². The predicted molar refractivity (Wildman–Crippen MR) is 253 cm³/mol. The molecule has 0 bridgehead atoms. The number of amides is 1. The fourth-order valence-electron chi connectivity index (χ4n) is 8.77. The standard InChI is InChI=1S/C47H55ClF3N5O8S3/c1-46(2)20-18-42(34-8-12-37(48)13-9-34)36(31-46)32-55-22-24-56(25-23-55)39-14-10-35(11-15-39)45(57)53-67(62,63)41-16-17-43(44(30-41)66(60,61)47(49,50)51)52-38(19-21-54-26-28-64-29-27-54)33-65(58,59)40-6-4-3-5-7-40/h3-17,30,38,52H,18-29,31-33H2,1-2H3,(H,53,57). The molecule has 0 saturated carbocycles. The van der Waals surface area contributed by atoms with Crippen LogP contribution >= 0.6 is 11.6 Å². The summed E-state index contributed by atoms with van der Waals surface area (Å²) in [4.78, 5) is 17.5. The van der Waals surface area contributed by atoms with Crippen molar-refractivity contribution in [1.29, 1.82) is 0 Å². The van der Waals surface area contributed by atoms with E-state index >= 15 is 0 Å². The Kier molecular flexibility index (Phi) is 15.5. The monoisotopic (exact) mass is 1010 g/mol. The van der Waals surface area contributed by atoms with E-state index in [1.165, 1.54) is 53.1 Å². The van der Waals surface area contributed by atoms with E-state index < -0.39 is 68.4 Å². The number of hydrogen-bond acceptors (Lipinski definition) is 12. The third-order valence-electron chi connectivity index (χ3n) is 12.5. The van der Waals surface area contributed by atoms with Gasteiger partial charge in [0, 0.05) is 74.7 Å². The van der Waals surface area contributed by atoms with Gasteiger partial charge in [0.1, 0.15) is 4.90 Å². The maximum Gasteiger partial charge on any atom is 0.501 e. The van der Waals surface area contributed by atoms with Gasteiger partial charge in [0.25, 0.3) is 25.8 Å². The van der Waals surface area contributed by atoms with Gasteiger partial charge in [-0.1, -0.05) is 61.4 Å². The lowest BCUT2D eigenvalue weighted by Gasteiger charge is -2.39. The van der Waals surface area contributed by atoms with Crippen molar-refractivity contribution >= 4 is 64.2 Å². The Morgan fingerprint density at radius 3 is 2.10 bits per heavy atom. The molecule has 13 nitrogen and oxygen atoms in total. The van der Waals surface area contributed by atoms with Crippen LogP contribution in [0.3, 0.4) is 0 Å². The van der Waals surface area contributed by atoms with Crippen LogP contribution in [0.2, 0.25) is 5.02 Å². The Bertz CT molecular complexity index is 2760. The molecule has 1 atom stereocenters. The Labute approximate surface area is 396 Å². The molecule has 362 valence electrons. The van der Waals surface area contributed by atoms with Crippen molar-refractivity contribution < 1.29 is 48.0 Å². The van der Waals surface area contributed by atoms with Crippen LogP contribution in [0.1, 0.15) is 55.5 Å². The first-order valence-electron chi connectivity index (χ1n) is 22.0. The molecule has 3 aliphatic rings. The summed E-state index contributed by atoms with van der Waals surface area (Å²) in [6.07, 6.45) is 3.16. The van der Waals surface area contributed by atoms with Gasteiger partial charge in [-0.05, 0) is 109 Å². The molecular weight excluding hydrogens is 951 g/mol. The Morgan fingerprint density at radius 1 is 0.806 bits per heavy atom. The smallest absolute Gasteiger partial charge is 0.380 e. The number of rotatable bonds is 16. The summed E-state index contributed by atoms with van der Waals surface area (Å²) in [6.45, 7) is 10.7. The molecule has 67 heavy (non-hydrogen) atoms. The number of allylic oxidation sites excluding steroid dienone is 1. The number of piperazine rings is 1. The number of nitrogens with one attached hydrogen (secondary N) is 2. The first-order valence-corrected chi connectivity index (χ1v) is 27.0. The van der Waals surface area contributed by atoms with Crippen LogP contribution in [0.15, 0.2) is 117 Å². The number of hydrogen-bond donors (Lipinski definition) is 2. The molecule has 4 aromatic carbocycles. The van der Waals surface area contributed by atoms with E-state index in [1.807, 2.05) is 21.8 Å². The van der Waals surface area contributed by atoms with Crippen LogP contribution in [0.5, 0.6) is 0 Å². The molecule has 0 spiro atoms. The highest BCUT2D eigenvalue weighted by atomic mass is 35.5. The average molecular weight is 1010 g/mol. The van der Waals surface area contributed by atoms with Crippen LogP contribution in [0.4, 0.5) is 24.5 Å². The summed E-state index contributed by atoms with van der Waals surface area (Å²) in [5, 5.41) is 3.39. The van der Waals surface area contributed by atoms with Crippen LogP contribution < -0.4 is 14.9 Å². The predicted octanol–water partition coefficient (Wildman–Crippen LogP) is 7.51. The van der Waals surface area contributed by atoms with Crippen molar-refractivity contribution in [2.75, 3.05) is 81.5 Å². The Morgan fingerprint density at radius 2 is 1.46 bits per heavy atom. The first-order chi connectivity index (χ1) is 31.6. The van der Waals surface area contributed by atoms with Gasteiger partial charge < -0.3 is 15.0 Å². The van der Waals surface area contributed by atoms with E-state index in [4.69, 9.17) is 16.3 Å². The molecule has 4 aromatic rings. The molecule has 1 amide bonds. The van der Waals surface area contributed by atoms with E-state index in [1.54, 1.807) is 18.2 Å². The van der Waals surface area contributed by atoms with Crippen molar-refractivity contribution in [2.45, 2.75) is 65.8 Å². The van der Waals surface area contributed by atoms with E-state index in [2.05, 4.69) is 41.1 Å². The molecule has 2 saturated heterocycles. The fourth-order valence-corrected chi connectivity index (χ4v) is 12.5. The van der Waals surface area contributed by atoms with Gasteiger partial charge in [0.15, 0.2) is 9.84 Å². The summed E-state index contributed by atoms with van der Waals surface area (Å²) in [6, 6.07) is 22.5. The number of alkyl halides is 3. The van der Waals surface area contributed by atoms with E-state index in [0.717, 1.165) is 56.7 Å². The van der Waals surface area contributed by atoms with Crippen molar-refractivity contribution in [3.63, 3.8) is 0 Å². The van der Waals surface area contributed by atoms with Crippen molar-refractivity contribution in [3.05, 3.63) is 119 Å². The zero-order chi connectivity index (χ0) is 48.2. The normalized spacial score (nSPS) is 18.4. The van der Waals surface area contributed by atoms with Crippen LogP contribution in [0.25, 0.3) is 5.57 Å². The number of carbonyl (C=O) groups excluding carboxylic acids is 1. The molecule has 7 rings (SSSR count). The maximum atomic E-state index is 14.2. The summed E-state index contributed by atoms with van der Waals surface area (Å²) >= 11 is 6.18. The molecular formula is C47H55ClF3N5O8S3. The number of carbonyl (C=O) groups is 1. The lowest BCUT2D eigenvalue weighted by atomic mass is 9.73. The molecule has 2 N–H and O–H groups in total. The Hall–Kier alpha value is -4.50. The Balaban J connectivity index is 1.04. The summed E-state index contributed by atoms with van der Waals surface area (Å²) in [7, 11) is -15.2. The summed E-state index contributed by atoms with van der Waals surface area (Å²) in [5.74, 6) is -1.71. The lowest BCUT2D eigenvalue weighted by Crippen LogP contribution is -2.47. The van der Waals surface area contributed by atoms with Gasteiger partial charge in [-0.3, -0.25) is 14.6 Å². The number of morpholine rings is 1. The molecule has 1 unspecified atom stereocenters. The maximum absolute atomic E-state index is 14.2. The van der Waals surface area contributed by atoms with Crippen molar-refractivity contribution in [1.82, 2.24) is 14.5 Å². The van der Waals surface area contributed by atoms with Gasteiger partial charge in [0.2, 0.25) is 0 Å². The highest BCUT2D eigenvalue weighted by molar-refractivity contribution is 7.92. The zero-order valence-electron chi connectivity index (χ0n) is 37.3. The zero-order valence-corrected chi connectivity index (χ0v) is 40.5. The second kappa shape index (κ2) is 20.6. The molecule has 1 aliphatic carbocycles. The number of benzene rings is 4. The number of sulfonamides is 1. The van der Waals surface area contributed by atoms with Gasteiger partial charge >= 0.3 is 5.51 Å². The molecule has 20 heteroatoms. The van der Waals surface area contributed by atoms with Crippen molar-refractivity contribution in [3.8, 4) is 0 Å². The van der Waals surface area contributed by atoms with Gasteiger partial charge in [-0.25, -0.2) is 30.0 Å². The second-order valence-electron chi connectivity index (χ2n) is 18.0. The largest absolute Gasteiger partial charge is 0.501 e. The summed E-state index contributed by atoms with van der Waals surface area (Å²) in [5.41, 5.74) is -1.57. The number of halogens is 4. The number of sulfone groups is 2. The highest BCUT2D eigenvalue weighted by Gasteiger charge is 2.48. The third-order valence-corrected chi connectivity index (χ3v) is 17.4. The lowest BCUT2D eigenvalue weighted by molar-refractivity contribution is -0.0435. The SMILES string of the molecule is CC1(C)CCC(c2ccc(Cl)cc2)=C(CN2CCN(c3ccc(C(=O)NS(=O)(=O)c4ccc(NC(CCN5CCOCC5)CS(=O)(=O)c5ccccc5)c(S(=O)(=O)C(F)(F)F)c4)cc3)CC2)C1. The van der Waals surface area contributed by atoms with E-state index in [9.17, 15) is 43.2 Å². The number of ether oxygens (including phenoxy) is 1. The molecule has 2 aliphatic heterocycles. The first kappa shape index (κ1) is 50.4. The van der Waals surface area contributed by atoms with Crippen LogP contribution in [0, 0.1) is 5.41 Å². The second-order valence-corrected chi connectivity index (χ2v) is 24.0. The minimum absolute atomic E-state index is 0.0429. The van der Waals surface area contributed by atoms with E-state index in [0.29, 0.717) is 57.0 Å². The topological polar surface area (TPSA) is 162 Å². The molecule has 0 aromatic heterocycles.